The van der Waals surface area contributed by atoms with E-state index in [0.717, 1.165) is 0 Å². The Morgan fingerprint density at radius 3 is 2.25 bits per heavy atom. The minimum atomic E-state index is -1.34. The molecule has 0 radical (unpaired) electrons. The standard InChI is InChI=1S/C25H19Cl4N3O4/c1-11-10-31-6-4-13(11)24(35)20-22(29)15(27)9-16(25(20)36)32-7-5-12(8-18(32)30)23(34)19-17(33)3-2-14(26)21(19)28/h2-10,23-24,30,33-36H,1H3/p+1/t23-,24-/m0/s1. The first-order valence-electron chi connectivity index (χ1n) is 10.5. The van der Waals surface area contributed by atoms with Gasteiger partial charge >= 0.3 is 0 Å². The van der Waals surface area contributed by atoms with E-state index in [-0.39, 0.29) is 54.2 Å². The van der Waals surface area contributed by atoms with Gasteiger partial charge < -0.3 is 20.4 Å². The van der Waals surface area contributed by atoms with Crippen molar-refractivity contribution >= 4 is 52.2 Å². The average Bonchev–Trinajstić information content (AvgIpc) is 2.84. The second-order valence-electron chi connectivity index (χ2n) is 8.04. The minimum absolute atomic E-state index is 0.000101. The third-order valence-electron chi connectivity index (χ3n) is 5.81. The second-order valence-corrected chi connectivity index (χ2v) is 9.61. The fourth-order valence-corrected chi connectivity index (χ4v) is 4.79. The van der Waals surface area contributed by atoms with Gasteiger partial charge in [0.2, 0.25) is 0 Å². The Labute approximate surface area is 226 Å². The maximum Gasteiger partial charge on any atom is 0.277 e. The van der Waals surface area contributed by atoms with Gasteiger partial charge in [0, 0.05) is 30.1 Å². The van der Waals surface area contributed by atoms with Crippen LogP contribution in [-0.4, -0.2) is 25.4 Å². The predicted molar refractivity (Wildman–Crippen MR) is 139 cm³/mol. The van der Waals surface area contributed by atoms with E-state index in [1.807, 2.05) is 0 Å². The number of aromatic hydroxyl groups is 2. The van der Waals surface area contributed by atoms with Gasteiger partial charge in [-0.1, -0.05) is 46.4 Å². The number of aryl methyl sites for hydroxylation is 1. The molecular formula is C25H20Cl4N3O4+. The van der Waals surface area contributed by atoms with Crippen LogP contribution in [0.15, 0.2) is 55.0 Å². The monoisotopic (exact) mass is 566 g/mol. The molecule has 186 valence electrons. The Balaban J connectivity index is 1.81. The maximum atomic E-state index is 11.1. The topological polar surface area (TPSA) is 124 Å². The molecule has 0 spiro atoms. The number of phenolic OH excluding ortho intramolecular Hbond substituents is 2. The van der Waals surface area contributed by atoms with Gasteiger partial charge in [-0.3, -0.25) is 10.7 Å². The largest absolute Gasteiger partial charge is 0.508 e. The van der Waals surface area contributed by atoms with Crippen LogP contribution < -0.4 is 10.3 Å². The van der Waals surface area contributed by atoms with E-state index in [1.54, 1.807) is 19.2 Å². The van der Waals surface area contributed by atoms with Crippen LogP contribution in [0.2, 0.25) is 20.1 Å². The zero-order valence-corrected chi connectivity index (χ0v) is 21.6. The molecule has 11 heteroatoms. The van der Waals surface area contributed by atoms with E-state index in [9.17, 15) is 20.4 Å². The number of aliphatic hydroxyl groups is 2. The summed E-state index contributed by atoms with van der Waals surface area (Å²) in [6.45, 7) is 1.77. The van der Waals surface area contributed by atoms with Crippen molar-refractivity contribution in [3.05, 3.63) is 103 Å². The third-order valence-corrected chi connectivity index (χ3v) is 7.43. The van der Waals surface area contributed by atoms with Crippen LogP contribution in [0.3, 0.4) is 0 Å². The fraction of sp³-hybridized carbons (Fsp3) is 0.120. The Hall–Kier alpha value is -2.78. The molecule has 0 saturated heterocycles. The molecule has 7 nitrogen and oxygen atoms in total. The van der Waals surface area contributed by atoms with Crippen molar-refractivity contribution in [3.63, 3.8) is 0 Å². The Kier molecular flexibility index (Phi) is 7.52. The summed E-state index contributed by atoms with van der Waals surface area (Å²) in [5.41, 5.74) is 7.92. The van der Waals surface area contributed by atoms with E-state index < -0.39 is 12.2 Å². The lowest BCUT2D eigenvalue weighted by Gasteiger charge is -2.19. The van der Waals surface area contributed by atoms with Crippen molar-refractivity contribution in [2.75, 3.05) is 5.73 Å². The Morgan fingerprint density at radius 2 is 1.58 bits per heavy atom. The van der Waals surface area contributed by atoms with Crippen molar-refractivity contribution in [1.82, 2.24) is 4.98 Å². The van der Waals surface area contributed by atoms with E-state index in [2.05, 4.69) is 4.98 Å². The van der Waals surface area contributed by atoms with Gasteiger partial charge in [-0.15, -0.1) is 0 Å². The molecular weight excluding hydrogens is 548 g/mol. The van der Waals surface area contributed by atoms with Crippen LogP contribution in [0.1, 0.15) is 40.0 Å². The summed E-state index contributed by atoms with van der Waals surface area (Å²) in [5.74, 6) is -0.480. The zero-order valence-electron chi connectivity index (χ0n) is 18.6. The molecule has 4 rings (SSSR count). The van der Waals surface area contributed by atoms with Crippen LogP contribution in [0.25, 0.3) is 5.69 Å². The number of hydrogen-bond acceptors (Lipinski definition) is 6. The lowest BCUT2D eigenvalue weighted by atomic mass is 9.97. The second kappa shape index (κ2) is 10.3. The number of nitrogens with two attached hydrogens (primary N) is 1. The first-order chi connectivity index (χ1) is 17.0. The fourth-order valence-electron chi connectivity index (χ4n) is 3.91. The molecule has 2 heterocycles. The van der Waals surface area contributed by atoms with Gasteiger partial charge in [-0.05, 0) is 47.9 Å². The molecule has 2 aromatic carbocycles. The first-order valence-corrected chi connectivity index (χ1v) is 12.0. The smallest absolute Gasteiger partial charge is 0.277 e. The molecule has 36 heavy (non-hydrogen) atoms. The summed E-state index contributed by atoms with van der Waals surface area (Å²) >= 11 is 25.0. The van der Waals surface area contributed by atoms with E-state index >= 15 is 0 Å². The number of aliphatic hydroxyl groups excluding tert-OH is 2. The average molecular weight is 568 g/mol. The minimum Gasteiger partial charge on any atom is -0.508 e. The van der Waals surface area contributed by atoms with Crippen molar-refractivity contribution in [3.8, 4) is 17.2 Å². The summed E-state index contributed by atoms with van der Waals surface area (Å²) in [5, 5.41) is 43.5. The van der Waals surface area contributed by atoms with Gasteiger partial charge in [0.05, 0.1) is 31.9 Å². The molecule has 0 aliphatic heterocycles. The molecule has 0 bridgehead atoms. The summed E-state index contributed by atoms with van der Waals surface area (Å²) in [6, 6.07) is 8.71. The van der Waals surface area contributed by atoms with Crippen LogP contribution in [0, 0.1) is 6.92 Å². The number of rotatable bonds is 5. The summed E-state index contributed by atoms with van der Waals surface area (Å²) < 4.78 is 1.41. The Morgan fingerprint density at radius 1 is 0.889 bits per heavy atom. The van der Waals surface area contributed by atoms with Gasteiger partial charge in [0.1, 0.15) is 18.0 Å². The molecule has 0 fully saturated rings. The quantitative estimate of drug-likeness (QED) is 0.205. The van der Waals surface area contributed by atoms with Gasteiger partial charge in [-0.2, -0.15) is 4.57 Å². The number of aromatic nitrogens is 2. The highest BCUT2D eigenvalue weighted by molar-refractivity contribution is 6.43. The lowest BCUT2D eigenvalue weighted by Crippen LogP contribution is -2.35. The number of anilines is 1. The highest BCUT2D eigenvalue weighted by atomic mass is 35.5. The molecule has 0 amide bonds. The number of nitrogens with zero attached hydrogens (tertiary/aromatic N) is 2. The number of hydrogen-bond donors (Lipinski definition) is 5. The van der Waals surface area contributed by atoms with Crippen molar-refractivity contribution < 1.29 is 25.0 Å². The molecule has 0 saturated carbocycles. The molecule has 0 aliphatic carbocycles. The number of nitrogen functional groups attached to an aromatic ring is 1. The normalized spacial score (nSPS) is 13.0. The molecule has 2 aromatic heterocycles. The predicted octanol–water partition coefficient (Wildman–Crippen LogP) is 5.44. The van der Waals surface area contributed by atoms with Crippen molar-refractivity contribution in [2.45, 2.75) is 19.1 Å². The summed E-state index contributed by atoms with van der Waals surface area (Å²) in [4.78, 5) is 4.02. The van der Waals surface area contributed by atoms with Crippen LogP contribution in [-0.2, 0) is 0 Å². The van der Waals surface area contributed by atoms with Crippen LogP contribution in [0.4, 0.5) is 5.82 Å². The van der Waals surface area contributed by atoms with E-state index in [1.165, 1.54) is 47.3 Å². The lowest BCUT2D eigenvalue weighted by molar-refractivity contribution is -0.580. The van der Waals surface area contributed by atoms with Gasteiger partial charge in [0.25, 0.3) is 5.82 Å². The van der Waals surface area contributed by atoms with Gasteiger partial charge in [-0.25, -0.2) is 0 Å². The maximum absolute atomic E-state index is 11.1. The highest BCUT2D eigenvalue weighted by Gasteiger charge is 2.28. The summed E-state index contributed by atoms with van der Waals surface area (Å²) in [7, 11) is 0. The van der Waals surface area contributed by atoms with Gasteiger partial charge in [0.15, 0.2) is 11.4 Å². The SMILES string of the molecule is Cc1cnccc1[C@H](O)c1c(O)c(-[n+]2ccc([C@H](O)c3c(O)ccc(Cl)c3Cl)cc2N)cc(Cl)c1Cl. The van der Waals surface area contributed by atoms with Crippen LogP contribution in [0.5, 0.6) is 11.5 Å². The van der Waals surface area contributed by atoms with E-state index in [0.29, 0.717) is 16.7 Å². The van der Waals surface area contributed by atoms with Crippen molar-refractivity contribution in [1.29, 1.82) is 0 Å². The zero-order chi connectivity index (χ0) is 26.3. The Bertz CT molecular complexity index is 1480. The van der Waals surface area contributed by atoms with E-state index in [4.69, 9.17) is 52.1 Å². The molecule has 2 atom stereocenters. The number of halogens is 4. The summed E-state index contributed by atoms with van der Waals surface area (Å²) in [6.07, 6.45) is 1.94. The molecule has 6 N–H and O–H groups in total. The number of phenols is 2. The number of pyridine rings is 2. The molecule has 0 unspecified atom stereocenters. The number of benzene rings is 2. The molecule has 4 aromatic rings. The molecule has 0 aliphatic rings. The third kappa shape index (κ3) is 4.66. The van der Waals surface area contributed by atoms with Crippen molar-refractivity contribution in [2.24, 2.45) is 0 Å². The first kappa shape index (κ1) is 26.3. The highest BCUT2D eigenvalue weighted by Crippen LogP contribution is 2.43. The van der Waals surface area contributed by atoms with Crippen LogP contribution >= 0.6 is 46.4 Å².